The molecule has 12 heteroatoms. The van der Waals surface area contributed by atoms with Gasteiger partial charge in [-0.15, -0.1) is 0 Å². The van der Waals surface area contributed by atoms with E-state index in [4.69, 9.17) is 23.7 Å². The van der Waals surface area contributed by atoms with Crippen LogP contribution in [0.2, 0.25) is 0 Å². The van der Waals surface area contributed by atoms with Gasteiger partial charge in [0, 0.05) is 30.8 Å². The molecule has 0 saturated heterocycles. The Morgan fingerprint density at radius 2 is 0.726 bits per heavy atom. The van der Waals surface area contributed by atoms with Crippen LogP contribution in [0.4, 0.5) is 0 Å². The molecule has 2 aromatic carbocycles. The van der Waals surface area contributed by atoms with Gasteiger partial charge < -0.3 is 23.7 Å². The summed E-state index contributed by atoms with van der Waals surface area (Å²) < 4.78 is 28.5. The smallest absolute Gasteiger partial charge is 0.311 e. The second-order valence-electron chi connectivity index (χ2n) is 28.5. The monoisotopic (exact) mass is 1360 g/mol. The van der Waals surface area contributed by atoms with E-state index >= 15 is 0 Å². The molecule has 0 N–H and O–H groups in total. The zero-order valence-corrected chi connectivity index (χ0v) is 62.3. The SMILES string of the molecule is CCCCCCCC/C=C\CCCCCCCC(=O)Oc1ccc(CC(=O)OCCC2CCCC(CCCCSSCCCCC3CCC(CCOC(=O)Cc4ccc(OC(=O)CCCCCCCC(=O)OC(CCCCCC)CCCCCCCC)cc4)CC3)CC2)cc1. The molecule has 2 fully saturated rings. The summed E-state index contributed by atoms with van der Waals surface area (Å²) in [6, 6.07) is 14.5. The third kappa shape index (κ3) is 46.3. The Morgan fingerprint density at radius 3 is 1.16 bits per heavy atom. The number of unbranched alkanes of at least 4 members (excludes halogenated alkanes) is 25. The minimum atomic E-state index is -0.247. The van der Waals surface area contributed by atoms with Gasteiger partial charge in [-0.1, -0.05) is 284 Å². The number of benzene rings is 2. The number of hydrogen-bond acceptors (Lipinski definition) is 12. The molecule has 3 unspecified atom stereocenters. The molecule has 0 amide bonds. The van der Waals surface area contributed by atoms with E-state index in [-0.39, 0.29) is 48.8 Å². The van der Waals surface area contributed by atoms with Gasteiger partial charge in [0.15, 0.2) is 0 Å². The van der Waals surface area contributed by atoms with Gasteiger partial charge in [0.2, 0.25) is 0 Å². The van der Waals surface area contributed by atoms with E-state index in [1.54, 1.807) is 24.3 Å². The molecule has 0 heterocycles. The van der Waals surface area contributed by atoms with Crippen molar-refractivity contribution in [3.05, 3.63) is 71.8 Å². The highest BCUT2D eigenvalue weighted by atomic mass is 33.1. The largest absolute Gasteiger partial charge is 0.465 e. The number of esters is 5. The van der Waals surface area contributed by atoms with Crippen LogP contribution in [0.3, 0.4) is 0 Å². The van der Waals surface area contributed by atoms with Crippen LogP contribution in [-0.4, -0.2) is 60.7 Å². The van der Waals surface area contributed by atoms with E-state index in [0.29, 0.717) is 55.8 Å². The Balaban J connectivity index is 0.887. The van der Waals surface area contributed by atoms with Gasteiger partial charge in [-0.2, -0.15) is 0 Å². The van der Waals surface area contributed by atoms with Gasteiger partial charge in [-0.25, -0.2) is 0 Å². The predicted octanol–water partition coefficient (Wildman–Crippen LogP) is 24.3. The summed E-state index contributed by atoms with van der Waals surface area (Å²) in [4.78, 5) is 63.1. The lowest BCUT2D eigenvalue weighted by atomic mass is 9.79. The fourth-order valence-corrected chi connectivity index (χ4v) is 16.1. The standard InChI is InChI=1S/C83H136O10S2/c1-4-7-10-13-15-16-17-18-19-20-21-22-23-26-31-46-80(85)92-77-58-54-74(55-59-77)68-82(87)89-64-62-72-42-38-41-70(48-51-72)39-34-36-66-94-95-67-37-35-40-71-49-52-73(53-50-71)63-65-90-83(88)69-75-56-60-78(61-57-75)93-81(86)47-33-28-24-27-32-45-79(84)91-76(43-29-12-9-6-3)44-30-25-14-11-8-5-2/h18-19,54-61,70-73,76H,4-17,20-53,62-69H2,1-3H3/b19-18-. The van der Waals surface area contributed by atoms with E-state index < -0.39 is 0 Å². The maximum absolute atomic E-state index is 12.7. The number of rotatable bonds is 59. The lowest BCUT2D eigenvalue weighted by Gasteiger charge is -2.28. The predicted molar refractivity (Wildman–Crippen MR) is 399 cm³/mol. The van der Waals surface area contributed by atoms with Gasteiger partial charge >= 0.3 is 29.8 Å². The number of ether oxygens (including phenoxy) is 5. The number of carbonyl (C=O) groups excluding carboxylic acids is 5. The molecule has 3 atom stereocenters. The fourth-order valence-electron chi connectivity index (χ4n) is 13.8. The Morgan fingerprint density at radius 1 is 0.379 bits per heavy atom. The van der Waals surface area contributed by atoms with E-state index in [0.717, 1.165) is 119 Å². The van der Waals surface area contributed by atoms with Gasteiger partial charge in [0.25, 0.3) is 0 Å². The Kier molecular flexibility index (Phi) is 51.1. The van der Waals surface area contributed by atoms with Crippen molar-refractivity contribution in [2.24, 2.45) is 23.7 Å². The molecule has 0 aliphatic heterocycles. The molecule has 2 saturated carbocycles. The summed E-state index contributed by atoms with van der Waals surface area (Å²) in [6.45, 7) is 7.72. The first-order valence-corrected chi connectivity index (χ1v) is 42.1. The molecule has 2 aromatic rings. The van der Waals surface area contributed by atoms with Crippen LogP contribution in [0.25, 0.3) is 0 Å². The van der Waals surface area contributed by atoms with Gasteiger partial charge in [-0.05, 0) is 155 Å². The summed E-state index contributed by atoms with van der Waals surface area (Å²) in [5.74, 6) is 5.59. The van der Waals surface area contributed by atoms with Crippen molar-refractivity contribution in [1.29, 1.82) is 0 Å². The minimum Gasteiger partial charge on any atom is -0.465 e. The molecule has 2 aliphatic rings. The van der Waals surface area contributed by atoms with Gasteiger partial charge in [-0.3, -0.25) is 24.0 Å². The van der Waals surface area contributed by atoms with Crippen LogP contribution in [-0.2, 0) is 51.0 Å². The van der Waals surface area contributed by atoms with Crippen molar-refractivity contribution in [2.75, 3.05) is 24.7 Å². The van der Waals surface area contributed by atoms with Gasteiger partial charge in [0.05, 0.1) is 26.1 Å². The maximum atomic E-state index is 12.7. The van der Waals surface area contributed by atoms with Crippen LogP contribution in [0.5, 0.6) is 11.5 Å². The molecule has 4 rings (SSSR count). The molecule has 95 heavy (non-hydrogen) atoms. The van der Waals surface area contributed by atoms with Gasteiger partial charge in [0.1, 0.15) is 17.6 Å². The molecule has 10 nitrogen and oxygen atoms in total. The normalized spacial score (nSPS) is 16.9. The van der Waals surface area contributed by atoms with Crippen LogP contribution in [0.1, 0.15) is 353 Å². The minimum absolute atomic E-state index is 0.0528. The summed E-state index contributed by atoms with van der Waals surface area (Å²) >= 11 is 0. The van der Waals surface area contributed by atoms with Crippen molar-refractivity contribution in [1.82, 2.24) is 0 Å². The molecule has 0 spiro atoms. The number of carbonyl (C=O) groups is 5. The highest BCUT2D eigenvalue weighted by Crippen LogP contribution is 2.36. The molecular weight excluding hydrogens is 1220 g/mol. The summed E-state index contributed by atoms with van der Waals surface area (Å²) in [7, 11) is 4.14. The van der Waals surface area contributed by atoms with Crippen LogP contribution >= 0.6 is 21.6 Å². The zero-order chi connectivity index (χ0) is 67.7. The van der Waals surface area contributed by atoms with Crippen molar-refractivity contribution in [3.8, 4) is 11.5 Å². The lowest BCUT2D eigenvalue weighted by molar-refractivity contribution is -0.150. The average molecular weight is 1360 g/mol. The molecule has 0 bridgehead atoms. The average Bonchev–Trinajstić information content (AvgIpc) is 2.92. The van der Waals surface area contributed by atoms with E-state index in [2.05, 4.69) is 54.5 Å². The molecule has 0 aromatic heterocycles. The first kappa shape index (κ1) is 83.6. The highest BCUT2D eigenvalue weighted by Gasteiger charge is 2.23. The molecule has 540 valence electrons. The fraction of sp³-hybridized carbons (Fsp3) is 0.771. The van der Waals surface area contributed by atoms with Crippen molar-refractivity contribution < 1.29 is 47.7 Å². The third-order valence-corrected chi connectivity index (χ3v) is 22.6. The number of hydrogen-bond donors (Lipinski definition) is 0. The Labute approximate surface area is 588 Å². The maximum Gasteiger partial charge on any atom is 0.311 e. The van der Waals surface area contributed by atoms with Crippen LogP contribution < -0.4 is 9.47 Å². The van der Waals surface area contributed by atoms with E-state index in [1.807, 2.05) is 24.3 Å². The summed E-state index contributed by atoms with van der Waals surface area (Å²) in [6.07, 6.45) is 62.6. The van der Waals surface area contributed by atoms with Crippen LogP contribution in [0.15, 0.2) is 60.7 Å². The lowest BCUT2D eigenvalue weighted by Crippen LogP contribution is -2.18. The Hall–Kier alpha value is -3.77. The van der Waals surface area contributed by atoms with Crippen LogP contribution in [0, 0.1) is 23.7 Å². The topological polar surface area (TPSA) is 132 Å². The highest BCUT2D eigenvalue weighted by molar-refractivity contribution is 8.76. The zero-order valence-electron chi connectivity index (χ0n) is 60.7. The van der Waals surface area contributed by atoms with Crippen molar-refractivity contribution in [2.45, 2.75) is 361 Å². The third-order valence-electron chi connectivity index (χ3n) is 20.0. The molecule has 0 radical (unpaired) electrons. The Bertz CT molecular complexity index is 2240. The molecular formula is C83H136O10S2. The van der Waals surface area contributed by atoms with E-state index in [9.17, 15) is 24.0 Å². The van der Waals surface area contributed by atoms with Crippen molar-refractivity contribution in [3.63, 3.8) is 0 Å². The number of allylic oxidation sites excluding steroid dienone is 2. The first-order chi connectivity index (χ1) is 46.6. The quantitative estimate of drug-likeness (QED) is 0.0119. The summed E-state index contributed by atoms with van der Waals surface area (Å²) in [5.41, 5.74) is 1.72. The molecule has 2 aliphatic carbocycles. The second kappa shape index (κ2) is 58.1. The van der Waals surface area contributed by atoms with E-state index in [1.165, 1.54) is 217 Å². The van der Waals surface area contributed by atoms with Crippen molar-refractivity contribution >= 4 is 51.4 Å². The summed E-state index contributed by atoms with van der Waals surface area (Å²) in [5, 5.41) is 0. The second-order valence-corrected chi connectivity index (χ2v) is 31.2. The first-order valence-electron chi connectivity index (χ1n) is 39.6.